The number of aromatic nitrogens is 2. The van der Waals surface area contributed by atoms with Crippen LogP contribution in [0.4, 0.5) is 11.6 Å². The van der Waals surface area contributed by atoms with Gasteiger partial charge in [-0.2, -0.15) is 5.10 Å². The molecule has 0 unspecified atom stereocenters. The Labute approximate surface area is 106 Å². The molecule has 1 aliphatic rings. The first-order valence-corrected chi connectivity index (χ1v) is 6.33. The molecule has 0 bridgehead atoms. The van der Waals surface area contributed by atoms with Gasteiger partial charge in [-0.3, -0.25) is 0 Å². The van der Waals surface area contributed by atoms with Gasteiger partial charge < -0.3 is 15.8 Å². The van der Waals surface area contributed by atoms with Gasteiger partial charge in [-0.15, -0.1) is 0 Å². The van der Waals surface area contributed by atoms with Crippen molar-refractivity contribution in [2.75, 3.05) is 25.2 Å². The van der Waals surface area contributed by atoms with Crippen LogP contribution in [0, 0.1) is 0 Å². The zero-order valence-electron chi connectivity index (χ0n) is 10.9. The number of nitrogen functional groups attached to an aromatic ring is 1. The molecule has 1 aromatic heterocycles. The fourth-order valence-electron chi connectivity index (χ4n) is 2.53. The molecular weight excluding hydrogens is 232 g/mol. The zero-order valence-corrected chi connectivity index (χ0v) is 10.9. The lowest BCUT2D eigenvalue weighted by Crippen LogP contribution is -2.17. The number of methoxy groups -OCH3 is 1. The molecule has 100 valence electrons. The topological polar surface area (TPSA) is 82.2 Å². The highest BCUT2D eigenvalue weighted by Crippen LogP contribution is 2.33. The monoisotopic (exact) mass is 252 g/mol. The summed E-state index contributed by atoms with van der Waals surface area (Å²) in [4.78, 5) is 11.7. The van der Waals surface area contributed by atoms with Crippen LogP contribution in [0.15, 0.2) is 0 Å². The summed E-state index contributed by atoms with van der Waals surface area (Å²) in [5, 5.41) is 7.30. The van der Waals surface area contributed by atoms with E-state index in [0.717, 1.165) is 12.8 Å². The Hall–Kier alpha value is -1.72. The Balaban J connectivity index is 2.36. The Morgan fingerprint density at radius 3 is 2.67 bits per heavy atom. The molecule has 6 nitrogen and oxygen atoms in total. The van der Waals surface area contributed by atoms with Crippen molar-refractivity contribution in [2.45, 2.75) is 38.1 Å². The van der Waals surface area contributed by atoms with Crippen LogP contribution in [-0.4, -0.2) is 29.9 Å². The summed E-state index contributed by atoms with van der Waals surface area (Å²) in [6, 6.07) is 0.296. The lowest BCUT2D eigenvalue weighted by atomic mass is 9.96. The van der Waals surface area contributed by atoms with Crippen LogP contribution < -0.4 is 11.1 Å². The van der Waals surface area contributed by atoms with Crippen molar-refractivity contribution < 1.29 is 9.53 Å². The van der Waals surface area contributed by atoms with Gasteiger partial charge in [0, 0.05) is 7.05 Å². The molecule has 0 spiro atoms. The van der Waals surface area contributed by atoms with Gasteiger partial charge in [-0.05, 0) is 12.8 Å². The van der Waals surface area contributed by atoms with Gasteiger partial charge in [-0.25, -0.2) is 9.48 Å². The van der Waals surface area contributed by atoms with E-state index in [9.17, 15) is 4.79 Å². The Morgan fingerprint density at radius 2 is 2.11 bits per heavy atom. The van der Waals surface area contributed by atoms with Crippen molar-refractivity contribution in [3.05, 3.63) is 5.56 Å². The molecular formula is C12H20N4O2. The van der Waals surface area contributed by atoms with E-state index in [2.05, 4.69) is 10.4 Å². The van der Waals surface area contributed by atoms with Crippen LogP contribution in [0.1, 0.15) is 48.5 Å². The minimum Gasteiger partial charge on any atom is -0.465 e. The third-order valence-electron chi connectivity index (χ3n) is 3.49. The van der Waals surface area contributed by atoms with Crippen LogP contribution in [0.2, 0.25) is 0 Å². The van der Waals surface area contributed by atoms with E-state index in [-0.39, 0.29) is 0 Å². The first-order valence-electron chi connectivity index (χ1n) is 6.33. The normalized spacial score (nSPS) is 16.6. The highest BCUT2D eigenvalue weighted by molar-refractivity contribution is 5.99. The Kier molecular flexibility index (Phi) is 3.74. The summed E-state index contributed by atoms with van der Waals surface area (Å²) in [7, 11) is 3.07. The van der Waals surface area contributed by atoms with Crippen molar-refractivity contribution in [2.24, 2.45) is 0 Å². The molecule has 0 saturated heterocycles. The maximum absolute atomic E-state index is 11.7. The molecule has 18 heavy (non-hydrogen) atoms. The van der Waals surface area contributed by atoms with Crippen molar-refractivity contribution in [3.63, 3.8) is 0 Å². The summed E-state index contributed by atoms with van der Waals surface area (Å²) in [5.74, 6) is 0.446. The van der Waals surface area contributed by atoms with Gasteiger partial charge in [0.15, 0.2) is 5.82 Å². The van der Waals surface area contributed by atoms with E-state index in [0.29, 0.717) is 23.2 Å². The Bertz CT molecular complexity index is 436. The molecule has 2 rings (SSSR count). The molecule has 1 fully saturated rings. The molecule has 1 aromatic rings. The second kappa shape index (κ2) is 5.29. The van der Waals surface area contributed by atoms with E-state index >= 15 is 0 Å². The first-order chi connectivity index (χ1) is 8.69. The summed E-state index contributed by atoms with van der Waals surface area (Å²) >= 11 is 0. The van der Waals surface area contributed by atoms with Crippen molar-refractivity contribution in [1.29, 1.82) is 0 Å². The maximum atomic E-state index is 11.7. The second-order valence-electron chi connectivity index (χ2n) is 4.59. The van der Waals surface area contributed by atoms with Gasteiger partial charge in [-0.1, -0.05) is 19.3 Å². The molecule has 3 N–H and O–H groups in total. The quantitative estimate of drug-likeness (QED) is 0.801. The lowest BCUT2D eigenvalue weighted by Gasteiger charge is -2.22. The molecule has 0 radical (unpaired) electrons. The summed E-state index contributed by atoms with van der Waals surface area (Å²) in [6.45, 7) is 0. The summed E-state index contributed by atoms with van der Waals surface area (Å²) < 4.78 is 6.52. The number of esters is 1. The largest absolute Gasteiger partial charge is 0.465 e. The van der Waals surface area contributed by atoms with Gasteiger partial charge in [0.05, 0.1) is 13.2 Å². The highest BCUT2D eigenvalue weighted by atomic mass is 16.5. The molecule has 0 aromatic carbocycles. The van der Waals surface area contributed by atoms with Crippen LogP contribution in [0.3, 0.4) is 0 Å². The van der Waals surface area contributed by atoms with Crippen LogP contribution in [0.5, 0.6) is 0 Å². The number of anilines is 2. The number of carbonyl (C=O) groups is 1. The molecule has 0 aliphatic heterocycles. The predicted octanol–water partition coefficient (Wildman–Crippen LogP) is 1.80. The average Bonchev–Trinajstić information content (AvgIpc) is 2.76. The van der Waals surface area contributed by atoms with Gasteiger partial charge in [0.2, 0.25) is 0 Å². The van der Waals surface area contributed by atoms with E-state index in [1.165, 1.54) is 26.4 Å². The number of nitrogens with one attached hydrogen (secondary N) is 1. The molecule has 1 heterocycles. The third kappa shape index (κ3) is 2.14. The lowest BCUT2D eigenvalue weighted by molar-refractivity contribution is 0.0603. The van der Waals surface area contributed by atoms with Crippen LogP contribution in [0.25, 0.3) is 0 Å². The third-order valence-corrected chi connectivity index (χ3v) is 3.49. The van der Waals surface area contributed by atoms with E-state index < -0.39 is 5.97 Å². The fourth-order valence-corrected chi connectivity index (χ4v) is 2.53. The smallest absolute Gasteiger partial charge is 0.345 e. The number of nitrogens with zero attached hydrogens (tertiary/aromatic N) is 2. The first kappa shape index (κ1) is 12.7. The minimum absolute atomic E-state index is 0.296. The van der Waals surface area contributed by atoms with E-state index in [4.69, 9.17) is 10.5 Å². The highest BCUT2D eigenvalue weighted by Gasteiger charge is 2.26. The number of carbonyl (C=O) groups excluding carboxylic acids is 1. The summed E-state index contributed by atoms with van der Waals surface area (Å²) in [6.07, 6.45) is 5.77. The predicted molar refractivity (Wildman–Crippen MR) is 69.6 cm³/mol. The molecule has 0 atom stereocenters. The van der Waals surface area contributed by atoms with E-state index in [1.54, 1.807) is 11.7 Å². The van der Waals surface area contributed by atoms with Crippen LogP contribution >= 0.6 is 0 Å². The van der Waals surface area contributed by atoms with Gasteiger partial charge in [0.25, 0.3) is 0 Å². The minimum atomic E-state index is -0.445. The molecule has 1 aliphatic carbocycles. The van der Waals surface area contributed by atoms with Crippen molar-refractivity contribution in [1.82, 2.24) is 9.78 Å². The molecule has 1 saturated carbocycles. The zero-order chi connectivity index (χ0) is 13.1. The Morgan fingerprint density at radius 1 is 1.44 bits per heavy atom. The van der Waals surface area contributed by atoms with Crippen molar-refractivity contribution >= 4 is 17.6 Å². The fraction of sp³-hybridized carbons (Fsp3) is 0.667. The van der Waals surface area contributed by atoms with Crippen molar-refractivity contribution in [3.8, 4) is 0 Å². The van der Waals surface area contributed by atoms with Crippen LogP contribution in [-0.2, 0) is 4.74 Å². The second-order valence-corrected chi connectivity index (χ2v) is 4.59. The number of hydrogen-bond acceptors (Lipinski definition) is 5. The number of ether oxygens (including phenoxy) is 1. The number of hydrogen-bond donors (Lipinski definition) is 2. The summed E-state index contributed by atoms with van der Waals surface area (Å²) in [5.41, 5.74) is 6.39. The van der Waals surface area contributed by atoms with Gasteiger partial charge >= 0.3 is 5.97 Å². The molecule has 6 heteroatoms. The van der Waals surface area contributed by atoms with E-state index in [1.807, 2.05) is 0 Å². The number of nitrogens with two attached hydrogens (primary N) is 1. The number of rotatable bonds is 3. The standard InChI is InChI=1S/C12H20N4O2/c1-14-11-9(12(17)18-2)10(13)16(15-11)8-6-4-3-5-7-8/h8H,3-7,13H2,1-2H3,(H,14,15). The van der Waals surface area contributed by atoms with Gasteiger partial charge in [0.1, 0.15) is 11.4 Å². The molecule has 0 amide bonds. The average molecular weight is 252 g/mol. The SMILES string of the molecule is CNc1nn(C2CCCCC2)c(N)c1C(=O)OC. The maximum Gasteiger partial charge on any atom is 0.345 e.